The number of rotatable bonds is 8. The summed E-state index contributed by atoms with van der Waals surface area (Å²) in [5.74, 6) is 0. The van der Waals surface area contributed by atoms with Crippen LogP contribution in [0.2, 0.25) is 0 Å². The molecule has 0 radical (unpaired) electrons. The zero-order valence-electron chi connectivity index (χ0n) is 45.0. The first-order valence-corrected chi connectivity index (χ1v) is 26.9. The standard InChI is InChI=1S/C73H49F6N3/c1-43-9-5-13-48(29-43)52-19-25-66-62(36-52)63-37-53(49-14-6-10-44(2)30-49)20-26-67(63)81(66)70-33-47(42-80)17-23-60(70)61-24-18-56(57-34-58(72(74,75)76)41-59(35-57)73(77,78)79)40-71(61)82-68-27-21-54(50-15-7-11-45(3)31-50)38-64(68)65-39-55(22-28-69(65)82)51-16-8-12-46(4)32-51/h5-41H,1-4H3. The lowest BCUT2D eigenvalue weighted by Crippen LogP contribution is -2.11. The largest absolute Gasteiger partial charge is 0.416 e. The quantitative estimate of drug-likeness (QED) is 0.140. The average Bonchev–Trinajstić information content (AvgIpc) is 2.91. The zero-order valence-corrected chi connectivity index (χ0v) is 45.0. The second kappa shape index (κ2) is 19.7. The van der Waals surface area contributed by atoms with E-state index in [9.17, 15) is 31.6 Å². The number of aromatic nitrogens is 2. The molecule has 82 heavy (non-hydrogen) atoms. The summed E-state index contributed by atoms with van der Waals surface area (Å²) in [5, 5.41) is 14.4. The van der Waals surface area contributed by atoms with Gasteiger partial charge in [0.15, 0.2) is 0 Å². The van der Waals surface area contributed by atoms with Crippen molar-refractivity contribution in [2.45, 2.75) is 40.0 Å². The van der Waals surface area contributed by atoms with E-state index in [0.717, 1.165) is 123 Å². The average molecular weight is 1080 g/mol. The van der Waals surface area contributed by atoms with Crippen LogP contribution in [0.25, 0.3) is 122 Å². The van der Waals surface area contributed by atoms with Crippen LogP contribution in [0.1, 0.15) is 38.9 Å². The van der Waals surface area contributed by atoms with Gasteiger partial charge in [0.05, 0.1) is 56.2 Å². The first kappa shape index (κ1) is 51.5. The third-order valence-electron chi connectivity index (χ3n) is 15.8. The Morgan fingerprint density at radius 1 is 0.305 bits per heavy atom. The first-order chi connectivity index (χ1) is 39.4. The van der Waals surface area contributed by atoms with Gasteiger partial charge in [-0.3, -0.25) is 0 Å². The highest BCUT2D eigenvalue weighted by atomic mass is 19.4. The molecule has 2 aromatic heterocycles. The molecule has 0 saturated carbocycles. The van der Waals surface area contributed by atoms with Crippen molar-refractivity contribution in [3.05, 3.63) is 263 Å². The predicted molar refractivity (Wildman–Crippen MR) is 321 cm³/mol. The van der Waals surface area contributed by atoms with Crippen LogP contribution in [-0.4, -0.2) is 9.13 Å². The van der Waals surface area contributed by atoms with Crippen molar-refractivity contribution in [1.82, 2.24) is 9.13 Å². The molecule has 11 aromatic carbocycles. The Morgan fingerprint density at radius 2 is 0.610 bits per heavy atom. The van der Waals surface area contributed by atoms with Crippen LogP contribution in [0.15, 0.2) is 224 Å². The van der Waals surface area contributed by atoms with Crippen LogP contribution >= 0.6 is 0 Å². The van der Waals surface area contributed by atoms with Crippen molar-refractivity contribution in [3.63, 3.8) is 0 Å². The molecule has 3 nitrogen and oxygen atoms in total. The molecule has 13 aromatic rings. The Labute approximate surface area is 469 Å². The molecule has 0 bridgehead atoms. The SMILES string of the molecule is Cc1cccc(-c2ccc3c(c2)c2cc(-c4cccc(C)c4)ccc2n3-c2cc(C#N)ccc2-c2ccc(-c3cc(C(F)(F)F)cc(C(F)(F)F)c3)cc2-n2c3ccc(-c4cccc(C)c4)cc3c3cc(-c4cccc(C)c4)ccc32)c1. The topological polar surface area (TPSA) is 33.6 Å². The number of nitrogens with zero attached hydrogens (tertiary/aromatic N) is 3. The third-order valence-corrected chi connectivity index (χ3v) is 15.8. The Morgan fingerprint density at radius 3 is 0.939 bits per heavy atom. The van der Waals surface area contributed by atoms with Crippen LogP contribution < -0.4 is 0 Å². The lowest BCUT2D eigenvalue weighted by atomic mass is 9.94. The van der Waals surface area contributed by atoms with Crippen molar-refractivity contribution in [1.29, 1.82) is 5.26 Å². The molecule has 398 valence electrons. The molecule has 0 aliphatic carbocycles. The first-order valence-electron chi connectivity index (χ1n) is 26.9. The van der Waals surface area contributed by atoms with Crippen molar-refractivity contribution in [2.24, 2.45) is 0 Å². The number of halogens is 6. The third kappa shape index (κ3) is 9.26. The lowest BCUT2D eigenvalue weighted by Gasteiger charge is -2.21. The molecular weight excluding hydrogens is 1030 g/mol. The Balaban J connectivity index is 1.13. The second-order valence-corrected chi connectivity index (χ2v) is 21.4. The maximum Gasteiger partial charge on any atom is 0.416 e. The molecule has 0 spiro atoms. The Bertz CT molecular complexity index is 4560. The summed E-state index contributed by atoms with van der Waals surface area (Å²) in [5.41, 5.74) is 15.6. The van der Waals surface area contributed by atoms with E-state index in [1.54, 1.807) is 24.3 Å². The van der Waals surface area contributed by atoms with Crippen LogP contribution in [-0.2, 0) is 12.4 Å². The van der Waals surface area contributed by atoms with Crippen molar-refractivity contribution in [3.8, 4) is 84.2 Å². The zero-order chi connectivity index (χ0) is 56.8. The highest BCUT2D eigenvalue weighted by Gasteiger charge is 2.37. The number of aryl methyl sites for hydroxylation is 4. The van der Waals surface area contributed by atoms with Gasteiger partial charge in [-0.15, -0.1) is 0 Å². The summed E-state index contributed by atoms with van der Waals surface area (Å²) in [7, 11) is 0. The number of hydrogen-bond acceptors (Lipinski definition) is 1. The van der Waals surface area contributed by atoms with Gasteiger partial charge in [-0.2, -0.15) is 31.6 Å². The van der Waals surface area contributed by atoms with Crippen molar-refractivity contribution >= 4 is 43.6 Å². The minimum Gasteiger partial charge on any atom is -0.309 e. The highest BCUT2D eigenvalue weighted by Crippen LogP contribution is 2.46. The van der Waals surface area contributed by atoms with Gasteiger partial charge in [0.1, 0.15) is 0 Å². The number of hydrogen-bond donors (Lipinski definition) is 0. The van der Waals surface area contributed by atoms with Gasteiger partial charge in [-0.25, -0.2) is 0 Å². The van der Waals surface area contributed by atoms with Gasteiger partial charge in [-0.1, -0.05) is 162 Å². The minimum absolute atomic E-state index is 0.137. The molecular formula is C73H49F6N3. The van der Waals surface area contributed by atoms with Gasteiger partial charge in [-0.05, 0) is 168 Å². The smallest absolute Gasteiger partial charge is 0.309 e. The monoisotopic (exact) mass is 1080 g/mol. The van der Waals surface area contributed by atoms with E-state index in [1.807, 2.05) is 86.6 Å². The summed E-state index contributed by atoms with van der Waals surface area (Å²) in [6.07, 6.45) is -10.1. The molecule has 0 unspecified atom stereocenters. The van der Waals surface area contributed by atoms with Gasteiger partial charge in [0, 0.05) is 32.7 Å². The summed E-state index contributed by atoms with van der Waals surface area (Å²) in [6.45, 7) is 8.22. The van der Waals surface area contributed by atoms with Crippen LogP contribution in [0.3, 0.4) is 0 Å². The van der Waals surface area contributed by atoms with Gasteiger partial charge in [0.25, 0.3) is 0 Å². The van der Waals surface area contributed by atoms with Gasteiger partial charge in [0.2, 0.25) is 0 Å². The van der Waals surface area contributed by atoms with Crippen LogP contribution in [0.4, 0.5) is 26.3 Å². The van der Waals surface area contributed by atoms with E-state index in [2.05, 4.69) is 138 Å². The second-order valence-electron chi connectivity index (χ2n) is 21.4. The highest BCUT2D eigenvalue weighted by molar-refractivity contribution is 6.14. The molecule has 13 rings (SSSR count). The van der Waals surface area contributed by atoms with Crippen LogP contribution in [0, 0.1) is 39.0 Å². The fourth-order valence-corrected chi connectivity index (χ4v) is 11.8. The maximum atomic E-state index is 14.7. The predicted octanol–water partition coefficient (Wildman–Crippen LogP) is 21.0. The molecule has 9 heteroatoms. The summed E-state index contributed by atoms with van der Waals surface area (Å²) in [6, 6.07) is 73.1. The number of fused-ring (bicyclic) bond motifs is 6. The molecule has 0 saturated heterocycles. The molecule has 2 heterocycles. The van der Waals surface area contributed by atoms with Gasteiger partial charge < -0.3 is 9.13 Å². The van der Waals surface area contributed by atoms with E-state index in [1.165, 1.54) is 0 Å². The van der Waals surface area contributed by atoms with E-state index in [4.69, 9.17) is 0 Å². The Kier molecular flexibility index (Phi) is 12.4. The van der Waals surface area contributed by atoms with E-state index >= 15 is 0 Å². The molecule has 0 N–H and O–H groups in total. The molecule has 0 atom stereocenters. The normalized spacial score (nSPS) is 12.0. The van der Waals surface area contributed by atoms with E-state index < -0.39 is 23.5 Å². The Hall–Kier alpha value is -9.91. The molecule has 0 aliphatic rings. The maximum absolute atomic E-state index is 14.7. The van der Waals surface area contributed by atoms with Crippen molar-refractivity contribution in [2.75, 3.05) is 0 Å². The van der Waals surface area contributed by atoms with E-state index in [-0.39, 0.29) is 17.2 Å². The lowest BCUT2D eigenvalue weighted by molar-refractivity contribution is -0.143. The summed E-state index contributed by atoms with van der Waals surface area (Å²) in [4.78, 5) is 0. The van der Waals surface area contributed by atoms with Crippen molar-refractivity contribution < 1.29 is 26.3 Å². The summed E-state index contributed by atoms with van der Waals surface area (Å²) >= 11 is 0. The molecule has 0 aliphatic heterocycles. The summed E-state index contributed by atoms with van der Waals surface area (Å²) < 4.78 is 92.2. The number of nitriles is 1. The van der Waals surface area contributed by atoms with Crippen LogP contribution in [0.5, 0.6) is 0 Å². The van der Waals surface area contributed by atoms with E-state index in [0.29, 0.717) is 28.1 Å². The van der Waals surface area contributed by atoms with Gasteiger partial charge >= 0.3 is 12.4 Å². The molecule has 0 fully saturated rings. The minimum atomic E-state index is -5.07. The molecule has 0 amide bonds. The fraction of sp³-hybridized carbons (Fsp3) is 0.0822. The fourth-order valence-electron chi connectivity index (χ4n) is 11.8. The number of benzene rings is 11. The number of alkyl halides is 6.